The number of alkyl halides is 3. The average molecular weight is 435 g/mol. The second-order valence-corrected chi connectivity index (χ2v) is 9.22. The number of halogens is 3. The van der Waals surface area contributed by atoms with E-state index in [1.807, 2.05) is 18.2 Å². The molecule has 3 nitrogen and oxygen atoms in total. The molecule has 1 fully saturated rings. The van der Waals surface area contributed by atoms with Crippen molar-refractivity contribution in [3.63, 3.8) is 0 Å². The van der Waals surface area contributed by atoms with E-state index < -0.39 is 17.8 Å². The summed E-state index contributed by atoms with van der Waals surface area (Å²) in [6.45, 7) is 5.52. The minimum absolute atomic E-state index is 0.0353. The van der Waals surface area contributed by atoms with Crippen LogP contribution in [0.3, 0.4) is 0 Å². The van der Waals surface area contributed by atoms with E-state index >= 15 is 0 Å². The van der Waals surface area contributed by atoms with Gasteiger partial charge in [0.1, 0.15) is 0 Å². The second-order valence-electron chi connectivity index (χ2n) is 9.22. The van der Waals surface area contributed by atoms with Crippen molar-refractivity contribution in [1.82, 2.24) is 10.4 Å². The van der Waals surface area contributed by atoms with Gasteiger partial charge in [-0.05, 0) is 48.6 Å². The molecule has 0 aliphatic carbocycles. The number of hydrazine groups is 1. The van der Waals surface area contributed by atoms with Crippen LogP contribution in [0.4, 0.5) is 13.2 Å². The van der Waals surface area contributed by atoms with E-state index in [2.05, 4.69) is 12.3 Å². The summed E-state index contributed by atoms with van der Waals surface area (Å²) < 4.78 is 42.9. The highest BCUT2D eigenvalue weighted by Gasteiger charge is 2.53. The van der Waals surface area contributed by atoms with Crippen LogP contribution in [0.1, 0.15) is 82.9 Å². The topological polar surface area (TPSA) is 32.3 Å². The normalized spacial score (nSPS) is 17.8. The van der Waals surface area contributed by atoms with Crippen LogP contribution in [0.5, 0.6) is 0 Å². The Kier molecular flexibility index (Phi) is 7.30. The second kappa shape index (κ2) is 9.60. The number of hydrogen-bond acceptors (Lipinski definition) is 2. The molecule has 3 rings (SSSR count). The number of unbranched alkanes of at least 4 members (excludes halogenated alkanes) is 5. The monoisotopic (exact) mass is 434 g/mol. The van der Waals surface area contributed by atoms with Crippen molar-refractivity contribution in [2.24, 2.45) is 0 Å². The zero-order chi connectivity index (χ0) is 22.6. The Hall–Kier alpha value is -2.08. The van der Waals surface area contributed by atoms with Crippen molar-refractivity contribution < 1.29 is 18.0 Å². The third-order valence-corrected chi connectivity index (χ3v) is 6.20. The smallest absolute Gasteiger partial charge is 0.287 e. The summed E-state index contributed by atoms with van der Waals surface area (Å²) in [7, 11) is 0. The number of nitrogens with one attached hydrogen (secondary N) is 1. The first-order chi connectivity index (χ1) is 14.6. The lowest BCUT2D eigenvalue weighted by molar-refractivity contribution is -0.203. The Morgan fingerprint density at radius 1 is 1.00 bits per heavy atom. The zero-order valence-corrected chi connectivity index (χ0v) is 18.7. The van der Waals surface area contributed by atoms with Crippen LogP contribution in [-0.4, -0.2) is 22.6 Å². The Morgan fingerprint density at radius 3 is 2.26 bits per heavy atom. The van der Waals surface area contributed by atoms with Crippen molar-refractivity contribution in [2.45, 2.75) is 89.9 Å². The fraction of sp³-hybridized carbons (Fsp3) is 0.560. The summed E-state index contributed by atoms with van der Waals surface area (Å²) >= 11 is 0. The Balaban J connectivity index is 1.93. The van der Waals surface area contributed by atoms with Gasteiger partial charge in [-0.25, -0.2) is 0 Å². The van der Waals surface area contributed by atoms with Crippen LogP contribution in [0, 0.1) is 0 Å². The Labute approximate surface area is 183 Å². The summed E-state index contributed by atoms with van der Waals surface area (Å²) in [6, 6.07) is 8.87. The maximum atomic E-state index is 14.3. The number of nitrogens with zero attached hydrogens (tertiary/aromatic N) is 1. The van der Waals surface area contributed by atoms with Gasteiger partial charge in [-0.3, -0.25) is 10.2 Å². The first-order valence-electron chi connectivity index (χ1n) is 11.3. The molecule has 31 heavy (non-hydrogen) atoms. The molecule has 2 aromatic carbocycles. The summed E-state index contributed by atoms with van der Waals surface area (Å²) in [5.41, 5.74) is 2.80. The SMILES string of the molecule is CCCCCCCCc1ccc([C@H](N2NC(=O)CC2(C)C)C(F)(F)F)c2ccccc12. The third kappa shape index (κ3) is 5.40. The van der Waals surface area contributed by atoms with Crippen LogP contribution >= 0.6 is 0 Å². The van der Waals surface area contributed by atoms with Crippen molar-refractivity contribution in [2.75, 3.05) is 0 Å². The Bertz CT molecular complexity index is 907. The van der Waals surface area contributed by atoms with Crippen molar-refractivity contribution >= 4 is 16.7 Å². The molecular formula is C25H33F3N2O. The molecular weight excluding hydrogens is 401 g/mol. The lowest BCUT2D eigenvalue weighted by Gasteiger charge is -2.38. The molecule has 2 aromatic rings. The van der Waals surface area contributed by atoms with E-state index in [0.29, 0.717) is 5.39 Å². The molecule has 0 aromatic heterocycles. The standard InChI is InChI=1S/C25H33F3N2O/c1-4-5-6-7-8-9-12-18-15-16-21(20-14-11-10-13-19(18)20)23(25(26,27)28)30-24(2,3)17-22(31)29-30/h10-11,13-16,23H,4-9,12,17H2,1-3H3,(H,29,31)/t23-/m0/s1. The van der Waals surface area contributed by atoms with Crippen LogP contribution < -0.4 is 5.43 Å². The molecule has 1 N–H and O–H groups in total. The minimum Gasteiger partial charge on any atom is -0.287 e. The molecule has 0 bridgehead atoms. The van der Waals surface area contributed by atoms with Gasteiger partial charge in [-0.1, -0.05) is 75.4 Å². The molecule has 0 spiro atoms. The minimum atomic E-state index is -4.53. The van der Waals surface area contributed by atoms with Crippen LogP contribution in [0.2, 0.25) is 0 Å². The maximum Gasteiger partial charge on any atom is 0.409 e. The predicted octanol–water partition coefficient (Wildman–Crippen LogP) is 6.86. The van der Waals surface area contributed by atoms with Gasteiger partial charge in [0, 0.05) is 12.0 Å². The number of carbonyl (C=O) groups is 1. The van der Waals surface area contributed by atoms with Gasteiger partial charge < -0.3 is 0 Å². The molecule has 0 radical (unpaired) electrons. The van der Waals surface area contributed by atoms with Gasteiger partial charge in [0.25, 0.3) is 0 Å². The van der Waals surface area contributed by atoms with E-state index in [1.165, 1.54) is 25.7 Å². The summed E-state index contributed by atoms with van der Waals surface area (Å²) in [5, 5.41) is 2.56. The molecule has 1 atom stereocenters. The highest BCUT2D eigenvalue weighted by molar-refractivity contribution is 5.89. The molecule has 1 aliphatic rings. The molecule has 1 saturated heterocycles. The van der Waals surface area contributed by atoms with Gasteiger partial charge in [0.2, 0.25) is 5.91 Å². The van der Waals surface area contributed by atoms with Crippen molar-refractivity contribution in [3.05, 3.63) is 47.5 Å². The number of aryl methyl sites for hydroxylation is 1. The number of carbonyl (C=O) groups excluding carboxylic acids is 1. The van der Waals surface area contributed by atoms with E-state index in [4.69, 9.17) is 0 Å². The fourth-order valence-electron chi connectivity index (χ4n) is 4.62. The van der Waals surface area contributed by atoms with E-state index in [0.717, 1.165) is 35.2 Å². The number of rotatable bonds is 9. The molecule has 0 unspecified atom stereocenters. The Morgan fingerprint density at radius 2 is 1.65 bits per heavy atom. The van der Waals surface area contributed by atoms with E-state index in [-0.39, 0.29) is 17.9 Å². The fourth-order valence-corrected chi connectivity index (χ4v) is 4.62. The van der Waals surface area contributed by atoms with Crippen molar-refractivity contribution in [1.29, 1.82) is 0 Å². The summed E-state index contributed by atoms with van der Waals surface area (Å²) in [5.74, 6) is -0.386. The number of amides is 1. The van der Waals surface area contributed by atoms with Gasteiger partial charge in [0.05, 0.1) is 0 Å². The van der Waals surface area contributed by atoms with E-state index in [1.54, 1.807) is 32.0 Å². The quantitative estimate of drug-likeness (QED) is 0.437. The van der Waals surface area contributed by atoms with Crippen LogP contribution in [0.15, 0.2) is 36.4 Å². The first kappa shape index (κ1) is 23.6. The lowest BCUT2D eigenvalue weighted by Crippen LogP contribution is -2.51. The highest BCUT2D eigenvalue weighted by Crippen LogP contribution is 2.45. The van der Waals surface area contributed by atoms with E-state index in [9.17, 15) is 18.0 Å². The molecule has 6 heteroatoms. The number of hydrogen-bond donors (Lipinski definition) is 1. The van der Waals surface area contributed by atoms with Crippen molar-refractivity contribution in [3.8, 4) is 0 Å². The molecule has 170 valence electrons. The van der Waals surface area contributed by atoms with Crippen LogP contribution in [-0.2, 0) is 11.2 Å². The highest BCUT2D eigenvalue weighted by atomic mass is 19.4. The molecule has 1 aliphatic heterocycles. The molecule has 0 saturated carbocycles. The number of fused-ring (bicyclic) bond motifs is 1. The maximum absolute atomic E-state index is 14.3. The largest absolute Gasteiger partial charge is 0.409 e. The van der Waals surface area contributed by atoms with Gasteiger partial charge >= 0.3 is 6.18 Å². The summed E-state index contributed by atoms with van der Waals surface area (Å²) in [6.07, 6.45) is 3.42. The number of benzene rings is 2. The third-order valence-electron chi connectivity index (χ3n) is 6.20. The van der Waals surface area contributed by atoms with Gasteiger partial charge in [-0.15, -0.1) is 0 Å². The zero-order valence-electron chi connectivity index (χ0n) is 18.7. The summed E-state index contributed by atoms with van der Waals surface area (Å²) in [4.78, 5) is 11.9. The first-order valence-corrected chi connectivity index (χ1v) is 11.3. The van der Waals surface area contributed by atoms with Crippen LogP contribution in [0.25, 0.3) is 10.8 Å². The molecule has 1 amide bonds. The predicted molar refractivity (Wildman–Crippen MR) is 119 cm³/mol. The molecule has 1 heterocycles. The van der Waals surface area contributed by atoms with Gasteiger partial charge in [0.15, 0.2) is 6.04 Å². The average Bonchev–Trinajstić information content (AvgIpc) is 2.96. The van der Waals surface area contributed by atoms with Gasteiger partial charge in [-0.2, -0.15) is 18.2 Å². The lowest BCUT2D eigenvalue weighted by atomic mass is 9.90.